The van der Waals surface area contributed by atoms with Crippen LogP contribution in [0, 0.1) is 5.82 Å². The summed E-state index contributed by atoms with van der Waals surface area (Å²) in [6.07, 6.45) is 3.79. The van der Waals surface area contributed by atoms with Crippen LogP contribution >= 0.6 is 27.5 Å². The Morgan fingerprint density at radius 3 is 2.53 bits per heavy atom. The van der Waals surface area contributed by atoms with Crippen LogP contribution in [0.5, 0.6) is 0 Å². The highest BCUT2D eigenvalue weighted by Crippen LogP contribution is 2.40. The minimum atomic E-state index is -0.519. The Labute approximate surface area is 102 Å². The lowest BCUT2D eigenvalue weighted by atomic mass is 9.89. The van der Waals surface area contributed by atoms with Crippen molar-refractivity contribution in [3.63, 3.8) is 0 Å². The van der Waals surface area contributed by atoms with E-state index < -0.39 is 5.54 Å². The first-order valence-electron chi connectivity index (χ1n) is 4.97. The molecule has 82 valence electrons. The maximum Gasteiger partial charge on any atom is 0.147 e. The summed E-state index contributed by atoms with van der Waals surface area (Å²) in [6.45, 7) is 0. The maximum absolute atomic E-state index is 13.9. The standard InChI is InChI=1S/C11H12BrClFN/c12-8-4-3-7(10(14)9(8)13)11(15)5-1-2-6-11/h3-4H,1-2,5-6,15H2. The Balaban J connectivity index is 2.49. The number of rotatable bonds is 1. The van der Waals surface area contributed by atoms with E-state index in [1.807, 2.05) is 0 Å². The predicted octanol–water partition coefficient (Wildman–Crippen LogP) is 3.97. The van der Waals surface area contributed by atoms with Gasteiger partial charge in [0.05, 0.1) is 5.02 Å². The van der Waals surface area contributed by atoms with Gasteiger partial charge < -0.3 is 5.73 Å². The zero-order chi connectivity index (χ0) is 11.1. The molecule has 1 aromatic rings. The molecule has 15 heavy (non-hydrogen) atoms. The SMILES string of the molecule is NC1(c2ccc(Br)c(Cl)c2F)CCCC1. The molecule has 0 radical (unpaired) electrons. The van der Waals surface area contributed by atoms with Gasteiger partial charge in [-0.1, -0.05) is 30.5 Å². The van der Waals surface area contributed by atoms with Gasteiger partial charge in [0, 0.05) is 15.6 Å². The van der Waals surface area contributed by atoms with Gasteiger partial charge in [0.1, 0.15) is 5.82 Å². The summed E-state index contributed by atoms with van der Waals surface area (Å²) < 4.78 is 14.5. The molecule has 0 aromatic heterocycles. The predicted molar refractivity (Wildman–Crippen MR) is 63.4 cm³/mol. The molecule has 0 bridgehead atoms. The highest BCUT2D eigenvalue weighted by Gasteiger charge is 2.34. The molecule has 1 nitrogen and oxygen atoms in total. The van der Waals surface area contributed by atoms with Gasteiger partial charge in [0.25, 0.3) is 0 Å². The van der Waals surface area contributed by atoms with E-state index in [-0.39, 0.29) is 10.8 Å². The van der Waals surface area contributed by atoms with Crippen molar-refractivity contribution in [3.05, 3.63) is 33.0 Å². The number of hydrogen-bond donors (Lipinski definition) is 1. The molecule has 0 amide bonds. The molecule has 1 aliphatic carbocycles. The van der Waals surface area contributed by atoms with Gasteiger partial charge in [0.15, 0.2) is 0 Å². The summed E-state index contributed by atoms with van der Waals surface area (Å²) in [5.41, 5.74) is 6.22. The van der Waals surface area contributed by atoms with Gasteiger partial charge in [-0.2, -0.15) is 0 Å². The van der Waals surface area contributed by atoms with E-state index in [9.17, 15) is 4.39 Å². The summed E-state index contributed by atoms with van der Waals surface area (Å²) in [5, 5.41) is 0.129. The fourth-order valence-corrected chi connectivity index (χ4v) is 2.66. The highest BCUT2D eigenvalue weighted by molar-refractivity contribution is 9.10. The fraction of sp³-hybridized carbons (Fsp3) is 0.455. The number of nitrogens with two attached hydrogens (primary N) is 1. The summed E-state index contributed by atoms with van der Waals surface area (Å²) >= 11 is 9.04. The average Bonchev–Trinajstić information content (AvgIpc) is 2.62. The number of benzene rings is 1. The van der Waals surface area contributed by atoms with Crippen molar-refractivity contribution < 1.29 is 4.39 Å². The molecule has 0 spiro atoms. The molecule has 1 saturated carbocycles. The zero-order valence-electron chi connectivity index (χ0n) is 8.19. The van der Waals surface area contributed by atoms with Gasteiger partial charge in [-0.05, 0) is 34.8 Å². The summed E-state index contributed by atoms with van der Waals surface area (Å²) in [4.78, 5) is 0. The Hall–Kier alpha value is -0.120. The topological polar surface area (TPSA) is 26.0 Å². The van der Waals surface area contributed by atoms with Gasteiger partial charge >= 0.3 is 0 Å². The molecule has 0 heterocycles. The van der Waals surface area contributed by atoms with Crippen LogP contribution < -0.4 is 5.73 Å². The molecular formula is C11H12BrClFN. The van der Waals surface area contributed by atoms with E-state index in [0.717, 1.165) is 25.7 Å². The molecule has 0 unspecified atom stereocenters. The quantitative estimate of drug-likeness (QED) is 0.779. The molecule has 4 heteroatoms. The Morgan fingerprint density at radius 2 is 1.93 bits per heavy atom. The monoisotopic (exact) mass is 291 g/mol. The minimum absolute atomic E-state index is 0.129. The van der Waals surface area contributed by atoms with Crippen molar-refractivity contribution in [3.8, 4) is 0 Å². The summed E-state index contributed by atoms with van der Waals surface area (Å²) in [7, 11) is 0. The van der Waals surface area contributed by atoms with Crippen LogP contribution in [0.2, 0.25) is 5.02 Å². The first-order valence-corrected chi connectivity index (χ1v) is 6.14. The summed E-state index contributed by atoms with van der Waals surface area (Å²) in [6, 6.07) is 3.49. The minimum Gasteiger partial charge on any atom is -0.321 e. The molecule has 0 aliphatic heterocycles. The van der Waals surface area contributed by atoms with Crippen molar-refractivity contribution in [2.45, 2.75) is 31.2 Å². The Bertz CT molecular complexity index is 388. The molecule has 1 fully saturated rings. The second kappa shape index (κ2) is 4.04. The largest absolute Gasteiger partial charge is 0.321 e. The maximum atomic E-state index is 13.9. The second-order valence-corrected chi connectivity index (χ2v) is 5.32. The van der Waals surface area contributed by atoms with Crippen molar-refractivity contribution in [1.82, 2.24) is 0 Å². The van der Waals surface area contributed by atoms with Crippen LogP contribution in [0.3, 0.4) is 0 Å². The average molecular weight is 293 g/mol. The van der Waals surface area contributed by atoms with E-state index in [4.69, 9.17) is 17.3 Å². The third-order valence-corrected chi connectivity index (χ3v) is 4.33. The third-order valence-electron chi connectivity index (χ3n) is 3.07. The second-order valence-electron chi connectivity index (χ2n) is 4.09. The van der Waals surface area contributed by atoms with Crippen molar-refractivity contribution in [2.24, 2.45) is 5.73 Å². The zero-order valence-corrected chi connectivity index (χ0v) is 10.5. The molecule has 2 rings (SSSR count). The van der Waals surface area contributed by atoms with Gasteiger partial charge in [-0.25, -0.2) is 4.39 Å². The molecular weight excluding hydrogens is 280 g/mol. The van der Waals surface area contributed by atoms with E-state index in [1.165, 1.54) is 0 Å². The lowest BCUT2D eigenvalue weighted by Gasteiger charge is -2.25. The van der Waals surface area contributed by atoms with Crippen LogP contribution in [0.25, 0.3) is 0 Å². The van der Waals surface area contributed by atoms with Crippen LogP contribution in [0.15, 0.2) is 16.6 Å². The van der Waals surface area contributed by atoms with Crippen LogP contribution in [0.1, 0.15) is 31.2 Å². The van der Waals surface area contributed by atoms with Gasteiger partial charge in [-0.3, -0.25) is 0 Å². The molecule has 1 aromatic carbocycles. The molecule has 2 N–H and O–H groups in total. The smallest absolute Gasteiger partial charge is 0.147 e. The fourth-order valence-electron chi connectivity index (χ4n) is 2.19. The van der Waals surface area contributed by atoms with E-state index in [0.29, 0.717) is 10.0 Å². The first kappa shape index (κ1) is 11.4. The molecule has 0 atom stereocenters. The van der Waals surface area contributed by atoms with Gasteiger partial charge in [-0.15, -0.1) is 0 Å². The van der Waals surface area contributed by atoms with Crippen molar-refractivity contribution in [2.75, 3.05) is 0 Å². The molecule has 0 saturated heterocycles. The molecule has 1 aliphatic rings. The number of hydrogen-bond acceptors (Lipinski definition) is 1. The van der Waals surface area contributed by atoms with Crippen LogP contribution in [-0.2, 0) is 5.54 Å². The summed E-state index contributed by atoms with van der Waals surface area (Å²) in [5.74, 6) is -0.379. The van der Waals surface area contributed by atoms with E-state index in [1.54, 1.807) is 12.1 Å². The lowest BCUT2D eigenvalue weighted by molar-refractivity contribution is 0.433. The highest BCUT2D eigenvalue weighted by atomic mass is 79.9. The third kappa shape index (κ3) is 1.93. The van der Waals surface area contributed by atoms with E-state index in [2.05, 4.69) is 15.9 Å². The van der Waals surface area contributed by atoms with Crippen LogP contribution in [-0.4, -0.2) is 0 Å². The van der Waals surface area contributed by atoms with E-state index >= 15 is 0 Å². The Morgan fingerprint density at radius 1 is 1.33 bits per heavy atom. The normalized spacial score (nSPS) is 19.5. The first-order chi connectivity index (χ1) is 7.04. The lowest BCUT2D eigenvalue weighted by Crippen LogP contribution is -2.34. The van der Waals surface area contributed by atoms with Crippen molar-refractivity contribution in [1.29, 1.82) is 0 Å². The van der Waals surface area contributed by atoms with Gasteiger partial charge in [0.2, 0.25) is 0 Å². The number of halogens is 3. The van der Waals surface area contributed by atoms with Crippen molar-refractivity contribution >= 4 is 27.5 Å². The van der Waals surface area contributed by atoms with Crippen LogP contribution in [0.4, 0.5) is 4.39 Å². The Kier molecular flexibility index (Phi) is 3.06.